The molecule has 1 aliphatic heterocycles. The van der Waals surface area contributed by atoms with Crippen molar-refractivity contribution in [3.8, 4) is 11.4 Å². The molecule has 5 rings (SSSR count). The zero-order valence-corrected chi connectivity index (χ0v) is 19.8. The molecule has 0 amide bonds. The molecule has 0 radical (unpaired) electrons. The zero-order chi connectivity index (χ0) is 25.1. The number of rotatable bonds is 8. The van der Waals surface area contributed by atoms with Crippen LogP contribution >= 0.6 is 0 Å². The van der Waals surface area contributed by atoms with E-state index in [0.29, 0.717) is 67.3 Å². The number of hydrogen-bond donors (Lipinski definition) is 3. The number of allylic oxidation sites excluding steroid dienone is 1. The van der Waals surface area contributed by atoms with Crippen molar-refractivity contribution in [1.29, 1.82) is 0 Å². The summed E-state index contributed by atoms with van der Waals surface area (Å²) >= 11 is 0. The maximum atomic E-state index is 15.5. The van der Waals surface area contributed by atoms with Crippen LogP contribution in [0.3, 0.4) is 0 Å². The average molecular weight is 492 g/mol. The number of nitrogens with one attached hydrogen (secondary N) is 3. The van der Waals surface area contributed by atoms with Gasteiger partial charge in [0.05, 0.1) is 42.2 Å². The number of anilines is 2. The maximum Gasteiger partial charge on any atom is 0.261 e. The Hall–Kier alpha value is -4.32. The molecule has 1 fully saturated rings. The Balaban J connectivity index is 1.54. The first kappa shape index (κ1) is 23.4. The van der Waals surface area contributed by atoms with E-state index in [2.05, 4.69) is 42.1 Å². The van der Waals surface area contributed by atoms with Gasteiger partial charge in [-0.1, -0.05) is 0 Å². The van der Waals surface area contributed by atoms with Crippen LogP contribution in [-0.2, 0) is 11.8 Å². The van der Waals surface area contributed by atoms with E-state index in [4.69, 9.17) is 4.74 Å². The fourth-order valence-corrected chi connectivity index (χ4v) is 4.26. The van der Waals surface area contributed by atoms with Crippen molar-refractivity contribution < 1.29 is 9.13 Å². The Morgan fingerprint density at radius 1 is 1.31 bits per heavy atom. The van der Waals surface area contributed by atoms with Gasteiger partial charge in [0.15, 0.2) is 5.82 Å². The number of halogens is 1. The smallest absolute Gasteiger partial charge is 0.261 e. The lowest BCUT2D eigenvalue weighted by molar-refractivity contribution is 0.122. The van der Waals surface area contributed by atoms with Crippen molar-refractivity contribution in [2.45, 2.75) is 0 Å². The molecule has 186 valence electrons. The van der Waals surface area contributed by atoms with Gasteiger partial charge in [0.1, 0.15) is 22.4 Å². The van der Waals surface area contributed by atoms with Crippen molar-refractivity contribution in [3.63, 3.8) is 0 Å². The lowest BCUT2D eigenvalue weighted by atomic mass is 10.2. The number of H-pyrrole nitrogens is 2. The average Bonchev–Trinajstić information content (AvgIpc) is 3.47. The molecule has 4 heterocycles. The van der Waals surface area contributed by atoms with Gasteiger partial charge in [0.25, 0.3) is 5.56 Å². The number of aryl methyl sites for hydroxylation is 1. The summed E-state index contributed by atoms with van der Waals surface area (Å²) in [6.07, 6.45) is 6.56. The van der Waals surface area contributed by atoms with Gasteiger partial charge in [0, 0.05) is 45.3 Å². The second kappa shape index (κ2) is 10.1. The molecule has 0 aliphatic carbocycles. The van der Waals surface area contributed by atoms with E-state index < -0.39 is 5.82 Å². The van der Waals surface area contributed by atoms with Gasteiger partial charge in [-0.25, -0.2) is 9.37 Å². The summed E-state index contributed by atoms with van der Waals surface area (Å²) in [5.41, 5.74) is 2.69. The molecule has 3 aromatic heterocycles. The van der Waals surface area contributed by atoms with Crippen LogP contribution in [0.1, 0.15) is 0 Å². The van der Waals surface area contributed by atoms with E-state index in [9.17, 15) is 4.79 Å². The molecule has 1 aliphatic rings. The lowest BCUT2D eigenvalue weighted by Crippen LogP contribution is -2.36. The number of aromatic amines is 2. The Labute approximate surface area is 205 Å². The first-order chi connectivity index (χ1) is 17.6. The summed E-state index contributed by atoms with van der Waals surface area (Å²) < 4.78 is 22.5. The molecule has 3 N–H and O–H groups in total. The van der Waals surface area contributed by atoms with Gasteiger partial charge in [-0.2, -0.15) is 5.10 Å². The Kier molecular flexibility index (Phi) is 6.58. The molecule has 0 bridgehead atoms. The summed E-state index contributed by atoms with van der Waals surface area (Å²) in [6.45, 7) is 6.56. The highest BCUT2D eigenvalue weighted by atomic mass is 19.1. The summed E-state index contributed by atoms with van der Waals surface area (Å²) in [5.74, 6) is -0.155. The lowest BCUT2D eigenvalue weighted by Gasteiger charge is -2.29. The van der Waals surface area contributed by atoms with Gasteiger partial charge in [-0.3, -0.25) is 19.5 Å². The number of pyridine rings is 1. The Bertz CT molecular complexity index is 1530. The number of aromatic nitrogens is 5. The molecule has 4 aromatic rings. The van der Waals surface area contributed by atoms with Gasteiger partial charge in [-0.05, 0) is 24.9 Å². The molecule has 12 heteroatoms. The third kappa shape index (κ3) is 4.50. The third-order valence-electron chi connectivity index (χ3n) is 5.88. The van der Waals surface area contributed by atoms with Crippen molar-refractivity contribution >= 4 is 46.4 Å². The van der Waals surface area contributed by atoms with Gasteiger partial charge in [-0.15, -0.1) is 0 Å². The van der Waals surface area contributed by atoms with Crippen LogP contribution < -0.4 is 15.8 Å². The predicted molar refractivity (Wildman–Crippen MR) is 140 cm³/mol. The molecule has 1 aromatic carbocycles. The van der Waals surface area contributed by atoms with E-state index in [1.54, 1.807) is 42.3 Å². The number of imidazole rings is 1. The Morgan fingerprint density at radius 3 is 2.94 bits per heavy atom. The fourth-order valence-electron chi connectivity index (χ4n) is 4.26. The highest BCUT2D eigenvalue weighted by molar-refractivity contribution is 5.96. The van der Waals surface area contributed by atoms with Crippen molar-refractivity contribution in [3.05, 3.63) is 46.8 Å². The van der Waals surface area contributed by atoms with E-state index in [0.717, 1.165) is 0 Å². The summed E-state index contributed by atoms with van der Waals surface area (Å²) in [4.78, 5) is 33.5. The third-order valence-corrected chi connectivity index (χ3v) is 5.88. The van der Waals surface area contributed by atoms with Crippen LogP contribution in [-0.4, -0.2) is 77.1 Å². The minimum Gasteiger partial charge on any atom is -0.381 e. The van der Waals surface area contributed by atoms with Crippen LogP contribution in [0.5, 0.6) is 0 Å². The van der Waals surface area contributed by atoms with Crippen LogP contribution in [0.4, 0.5) is 15.8 Å². The van der Waals surface area contributed by atoms with Gasteiger partial charge in [0.2, 0.25) is 0 Å². The topological polar surface area (TPSA) is 129 Å². The molecule has 36 heavy (non-hydrogen) atoms. The van der Waals surface area contributed by atoms with E-state index >= 15 is 4.39 Å². The summed E-state index contributed by atoms with van der Waals surface area (Å²) in [5, 5.41) is 7.78. The first-order valence-electron chi connectivity index (χ1n) is 11.5. The minimum absolute atomic E-state index is 0.243. The maximum absolute atomic E-state index is 15.5. The zero-order valence-electron chi connectivity index (χ0n) is 19.8. The van der Waals surface area contributed by atoms with Crippen LogP contribution in [0.2, 0.25) is 0 Å². The number of morpholine rings is 1. The monoisotopic (exact) mass is 491 g/mol. The number of ether oxygens (including phenoxy) is 1. The van der Waals surface area contributed by atoms with Crippen LogP contribution in [0.25, 0.3) is 33.5 Å². The van der Waals surface area contributed by atoms with Crippen LogP contribution in [0, 0.1) is 5.82 Å². The first-order valence-corrected chi connectivity index (χ1v) is 11.5. The Morgan fingerprint density at radius 2 is 2.14 bits per heavy atom. The molecule has 0 atom stereocenters. The number of hydrogen-bond acceptors (Lipinski definition) is 8. The number of fused-ring (bicyclic) bond motifs is 2. The fraction of sp³-hybridized carbons (Fsp3) is 0.292. The molecular formula is C24H26FN9O2. The summed E-state index contributed by atoms with van der Waals surface area (Å²) in [6, 6.07) is 3.47. The molecule has 0 saturated carbocycles. The van der Waals surface area contributed by atoms with Gasteiger partial charge >= 0.3 is 0 Å². The number of aliphatic imine (C=N–C) groups is 2. The second-order valence-electron chi connectivity index (χ2n) is 8.25. The molecule has 1 saturated heterocycles. The largest absolute Gasteiger partial charge is 0.381 e. The quantitative estimate of drug-likeness (QED) is 0.257. The van der Waals surface area contributed by atoms with Crippen molar-refractivity contribution in [1.82, 2.24) is 24.7 Å². The molecule has 11 nitrogen and oxygen atoms in total. The molecular weight excluding hydrogens is 465 g/mol. The van der Waals surface area contributed by atoms with E-state index in [-0.39, 0.29) is 22.5 Å². The minimum atomic E-state index is -0.408. The standard InChI is InChI=1S/C24H26FN9O2/c1-26-6-3-7-27-8-9-28-22-18(24(35)30-16-14-33(2)32-21(16)22)23-29-15-4-5-17(19(25)20(15)31-23)34-10-12-36-13-11-34/h3-7,14,28H,1,8-13H2,2H3,(H,29,31)(H,30,35)/b6-3-,27-7-. The van der Waals surface area contributed by atoms with Gasteiger partial charge < -0.3 is 24.9 Å². The predicted octanol–water partition coefficient (Wildman–Crippen LogP) is 2.48. The number of nitrogens with zero attached hydrogens (tertiary/aromatic N) is 6. The normalized spacial score (nSPS) is 14.6. The van der Waals surface area contributed by atoms with Crippen molar-refractivity contribution in [2.75, 3.05) is 49.6 Å². The number of benzene rings is 1. The van der Waals surface area contributed by atoms with E-state index in [1.165, 1.54) is 6.20 Å². The highest BCUT2D eigenvalue weighted by Gasteiger charge is 2.23. The molecule has 0 spiro atoms. The molecule has 0 unspecified atom stereocenters. The SMILES string of the molecule is C=N/C=C\C=N/CCNc1c(-c2nc3ccc(N4CCOCC4)c(F)c3[nH]2)c(=O)[nH]c2cn(C)nc12. The van der Waals surface area contributed by atoms with Crippen LogP contribution in [0.15, 0.2) is 45.4 Å². The van der Waals surface area contributed by atoms with E-state index in [1.807, 2.05) is 4.90 Å². The highest BCUT2D eigenvalue weighted by Crippen LogP contribution is 2.32. The summed E-state index contributed by atoms with van der Waals surface area (Å²) in [7, 11) is 1.77. The second-order valence-corrected chi connectivity index (χ2v) is 8.25. The van der Waals surface area contributed by atoms with Crippen molar-refractivity contribution in [2.24, 2.45) is 17.0 Å².